The summed E-state index contributed by atoms with van der Waals surface area (Å²) in [5, 5.41) is 17.1. The summed E-state index contributed by atoms with van der Waals surface area (Å²) >= 11 is 6.06. The van der Waals surface area contributed by atoms with Crippen LogP contribution in [-0.2, 0) is 4.79 Å². The Morgan fingerprint density at radius 1 is 1.56 bits per heavy atom. The first-order valence-corrected chi connectivity index (χ1v) is 8.23. The molecule has 25 heavy (non-hydrogen) atoms. The molecule has 1 unspecified atom stereocenters. The van der Waals surface area contributed by atoms with Crippen LogP contribution in [0, 0.1) is 11.3 Å². The standard InChI is InChI=1S/C17H17ClN6O/c1-20-15-9-21-16(18)7-14(15)17(12(8-19)11-25)23-6-3-13(10-23)24-5-2-4-22-24/h2,4-5,7,9,11,13,20H,3,6,10H2,1H3/b17-12+. The van der Waals surface area contributed by atoms with Gasteiger partial charge in [0, 0.05) is 38.1 Å². The van der Waals surface area contributed by atoms with Crippen molar-refractivity contribution in [1.82, 2.24) is 19.7 Å². The number of nitrogens with one attached hydrogen (secondary N) is 1. The lowest BCUT2D eigenvalue weighted by atomic mass is 10.1. The molecule has 1 aliphatic rings. The highest BCUT2D eigenvalue weighted by molar-refractivity contribution is 6.29. The zero-order valence-corrected chi connectivity index (χ0v) is 14.4. The molecule has 0 spiro atoms. The van der Waals surface area contributed by atoms with E-state index in [0.29, 0.717) is 41.5 Å². The number of aldehydes is 1. The van der Waals surface area contributed by atoms with Gasteiger partial charge in [-0.25, -0.2) is 4.98 Å². The van der Waals surface area contributed by atoms with E-state index in [4.69, 9.17) is 11.6 Å². The van der Waals surface area contributed by atoms with Gasteiger partial charge in [0.15, 0.2) is 6.29 Å². The van der Waals surface area contributed by atoms with Crippen molar-refractivity contribution in [3.8, 4) is 6.07 Å². The molecule has 8 heteroatoms. The highest BCUT2D eigenvalue weighted by Gasteiger charge is 2.29. The number of carbonyl (C=O) groups is 1. The quantitative estimate of drug-likeness (QED) is 0.383. The largest absolute Gasteiger partial charge is 0.386 e. The maximum Gasteiger partial charge on any atom is 0.162 e. The average Bonchev–Trinajstić information content (AvgIpc) is 3.30. The van der Waals surface area contributed by atoms with E-state index in [1.807, 2.05) is 27.9 Å². The van der Waals surface area contributed by atoms with Gasteiger partial charge in [-0.3, -0.25) is 9.48 Å². The van der Waals surface area contributed by atoms with E-state index in [2.05, 4.69) is 15.4 Å². The summed E-state index contributed by atoms with van der Waals surface area (Å²) in [6.45, 7) is 1.36. The maximum absolute atomic E-state index is 11.5. The zero-order chi connectivity index (χ0) is 17.8. The minimum Gasteiger partial charge on any atom is -0.386 e. The fourth-order valence-corrected chi connectivity index (χ4v) is 3.26. The first-order chi connectivity index (χ1) is 12.2. The molecule has 3 rings (SSSR count). The van der Waals surface area contributed by atoms with Crippen LogP contribution in [0.3, 0.4) is 0 Å². The van der Waals surface area contributed by atoms with E-state index in [9.17, 15) is 10.1 Å². The number of anilines is 1. The average molecular weight is 357 g/mol. The molecule has 7 nitrogen and oxygen atoms in total. The van der Waals surface area contributed by atoms with Gasteiger partial charge in [0.05, 0.1) is 23.6 Å². The van der Waals surface area contributed by atoms with Gasteiger partial charge in [-0.15, -0.1) is 0 Å². The van der Waals surface area contributed by atoms with Crippen molar-refractivity contribution >= 4 is 29.3 Å². The van der Waals surface area contributed by atoms with E-state index in [1.54, 1.807) is 25.5 Å². The highest BCUT2D eigenvalue weighted by atomic mass is 35.5. The second-order valence-corrected chi connectivity index (χ2v) is 6.06. The summed E-state index contributed by atoms with van der Waals surface area (Å²) in [6, 6.07) is 5.74. The molecule has 0 radical (unpaired) electrons. The molecule has 1 aliphatic heterocycles. The van der Waals surface area contributed by atoms with Crippen molar-refractivity contribution < 1.29 is 4.79 Å². The number of aromatic nitrogens is 3. The van der Waals surface area contributed by atoms with Crippen molar-refractivity contribution in [1.29, 1.82) is 5.26 Å². The molecule has 0 saturated carbocycles. The van der Waals surface area contributed by atoms with Gasteiger partial charge in [-0.05, 0) is 18.6 Å². The van der Waals surface area contributed by atoms with Gasteiger partial charge in [0.2, 0.25) is 0 Å². The number of halogens is 1. The molecular weight excluding hydrogens is 340 g/mol. The van der Waals surface area contributed by atoms with Crippen LogP contribution in [0.4, 0.5) is 5.69 Å². The van der Waals surface area contributed by atoms with Crippen molar-refractivity contribution in [3.63, 3.8) is 0 Å². The van der Waals surface area contributed by atoms with Crippen LogP contribution in [0.5, 0.6) is 0 Å². The molecular formula is C17H17ClN6O. The SMILES string of the molecule is CNc1cnc(Cl)cc1/C(=C(/C#N)C=O)N1CCC(n2cccn2)C1. The van der Waals surface area contributed by atoms with Crippen LogP contribution in [0.25, 0.3) is 5.70 Å². The summed E-state index contributed by atoms with van der Waals surface area (Å²) in [5.74, 6) is 0. The maximum atomic E-state index is 11.5. The minimum absolute atomic E-state index is 0.0693. The lowest BCUT2D eigenvalue weighted by Gasteiger charge is -2.25. The van der Waals surface area contributed by atoms with Gasteiger partial charge in [0.25, 0.3) is 0 Å². The Labute approximate surface area is 150 Å². The Balaban J connectivity index is 2.04. The first-order valence-electron chi connectivity index (χ1n) is 7.85. The number of hydrogen-bond acceptors (Lipinski definition) is 6. The van der Waals surface area contributed by atoms with E-state index in [1.165, 1.54) is 0 Å². The van der Waals surface area contributed by atoms with Gasteiger partial charge < -0.3 is 10.2 Å². The van der Waals surface area contributed by atoms with Crippen LogP contribution in [0.1, 0.15) is 18.0 Å². The van der Waals surface area contributed by atoms with Crippen molar-refractivity contribution in [2.45, 2.75) is 12.5 Å². The smallest absolute Gasteiger partial charge is 0.162 e. The number of nitriles is 1. The Morgan fingerprint density at radius 3 is 3.04 bits per heavy atom. The zero-order valence-electron chi connectivity index (χ0n) is 13.7. The molecule has 1 N–H and O–H groups in total. The van der Waals surface area contributed by atoms with Crippen LogP contribution < -0.4 is 5.32 Å². The Morgan fingerprint density at radius 2 is 2.40 bits per heavy atom. The summed E-state index contributed by atoms with van der Waals surface area (Å²) in [5.41, 5.74) is 2.03. The topological polar surface area (TPSA) is 86.8 Å². The molecule has 128 valence electrons. The van der Waals surface area contributed by atoms with Crippen molar-refractivity contribution in [2.75, 3.05) is 25.5 Å². The number of nitrogens with zero attached hydrogens (tertiary/aromatic N) is 5. The number of allylic oxidation sites excluding steroid dienone is 1. The molecule has 1 saturated heterocycles. The lowest BCUT2D eigenvalue weighted by Crippen LogP contribution is -2.23. The third-order valence-corrected chi connectivity index (χ3v) is 4.47. The molecule has 1 atom stereocenters. The van der Waals surface area contributed by atoms with E-state index in [-0.39, 0.29) is 11.6 Å². The molecule has 1 fully saturated rings. The Kier molecular flexibility index (Phi) is 5.00. The van der Waals surface area contributed by atoms with Crippen molar-refractivity contribution in [2.24, 2.45) is 0 Å². The van der Waals surface area contributed by atoms with Crippen LogP contribution >= 0.6 is 11.6 Å². The molecule has 0 aromatic carbocycles. The normalized spacial score (nSPS) is 17.8. The second-order valence-electron chi connectivity index (χ2n) is 5.67. The number of hydrogen-bond donors (Lipinski definition) is 1. The summed E-state index contributed by atoms with van der Waals surface area (Å²) in [6.07, 6.45) is 6.72. The Hall–Kier alpha value is -2.85. The minimum atomic E-state index is 0.0693. The second kappa shape index (κ2) is 7.36. The summed E-state index contributed by atoms with van der Waals surface area (Å²) in [7, 11) is 1.76. The summed E-state index contributed by atoms with van der Waals surface area (Å²) in [4.78, 5) is 17.6. The number of likely N-dealkylation sites (tertiary alicyclic amines) is 1. The van der Waals surface area contributed by atoms with E-state index < -0.39 is 0 Å². The molecule has 2 aromatic heterocycles. The Bertz CT molecular complexity index is 839. The van der Waals surface area contributed by atoms with Crippen LogP contribution in [0.2, 0.25) is 5.15 Å². The van der Waals surface area contributed by atoms with Gasteiger partial charge in [0.1, 0.15) is 16.8 Å². The first kappa shape index (κ1) is 17.0. The monoisotopic (exact) mass is 356 g/mol. The van der Waals surface area contributed by atoms with Gasteiger partial charge >= 0.3 is 0 Å². The predicted octanol–water partition coefficient (Wildman–Crippen LogP) is 2.35. The molecule has 0 aliphatic carbocycles. The van der Waals surface area contributed by atoms with E-state index in [0.717, 1.165) is 6.42 Å². The number of carbonyl (C=O) groups excluding carboxylic acids is 1. The fraction of sp³-hybridized carbons (Fsp3) is 0.294. The summed E-state index contributed by atoms with van der Waals surface area (Å²) < 4.78 is 1.91. The third-order valence-electron chi connectivity index (χ3n) is 4.27. The molecule has 0 amide bonds. The van der Waals surface area contributed by atoms with Gasteiger partial charge in [-0.2, -0.15) is 10.4 Å². The third kappa shape index (κ3) is 3.35. The number of rotatable bonds is 5. The highest BCUT2D eigenvalue weighted by Crippen LogP contribution is 2.34. The fourth-order valence-electron chi connectivity index (χ4n) is 3.10. The number of pyridine rings is 1. The lowest BCUT2D eigenvalue weighted by molar-refractivity contribution is -0.104. The molecule has 2 aromatic rings. The molecule has 0 bridgehead atoms. The van der Waals surface area contributed by atoms with Crippen LogP contribution in [0.15, 0.2) is 36.3 Å². The van der Waals surface area contributed by atoms with E-state index >= 15 is 0 Å². The van der Waals surface area contributed by atoms with Gasteiger partial charge in [-0.1, -0.05) is 11.6 Å². The van der Waals surface area contributed by atoms with Crippen molar-refractivity contribution in [3.05, 3.63) is 47.0 Å². The molecule has 3 heterocycles. The predicted molar refractivity (Wildman–Crippen MR) is 94.8 cm³/mol. The van der Waals surface area contributed by atoms with Crippen LogP contribution in [-0.4, -0.2) is 46.1 Å².